The zero-order valence-electron chi connectivity index (χ0n) is 22.6. The molecule has 1 saturated heterocycles. The maximum Gasteiger partial charge on any atom is 0.471 e. The van der Waals surface area contributed by atoms with Gasteiger partial charge in [-0.05, 0) is 60.7 Å². The van der Waals surface area contributed by atoms with E-state index in [1.54, 1.807) is 65.7 Å². The lowest BCUT2D eigenvalue weighted by atomic mass is 9.90. The van der Waals surface area contributed by atoms with Gasteiger partial charge in [-0.2, -0.15) is 13.2 Å². The van der Waals surface area contributed by atoms with E-state index in [0.717, 1.165) is 10.5 Å². The topological polar surface area (TPSA) is 62.7 Å². The first-order valence-corrected chi connectivity index (χ1v) is 13.4. The third-order valence-corrected chi connectivity index (χ3v) is 7.60. The molecule has 6 nitrogen and oxygen atoms in total. The number of ether oxygens (including phenoxy) is 1. The molecule has 0 bridgehead atoms. The average molecular weight is 562 g/mol. The molecule has 1 aliphatic rings. The van der Waals surface area contributed by atoms with Crippen molar-refractivity contribution in [2.75, 3.05) is 13.7 Å². The second-order valence-corrected chi connectivity index (χ2v) is 10.2. The molecule has 2 atom stereocenters. The van der Waals surface area contributed by atoms with Crippen LogP contribution in [0.4, 0.5) is 13.2 Å². The van der Waals surface area contributed by atoms with Crippen LogP contribution < -0.4 is 4.74 Å². The summed E-state index contributed by atoms with van der Waals surface area (Å²) in [5.41, 5.74) is 2.62. The molecule has 1 fully saturated rings. The van der Waals surface area contributed by atoms with Crippen LogP contribution in [0.2, 0.25) is 0 Å². The van der Waals surface area contributed by atoms with E-state index in [-0.39, 0.29) is 31.8 Å². The number of pyridine rings is 1. The predicted octanol–water partition coefficient (Wildman–Crippen LogP) is 6.05. The van der Waals surface area contributed by atoms with Gasteiger partial charge in [0.15, 0.2) is 0 Å². The fourth-order valence-electron chi connectivity index (χ4n) is 5.59. The van der Waals surface area contributed by atoms with Crippen LogP contribution in [0, 0.1) is 0 Å². The predicted molar refractivity (Wildman–Crippen MR) is 149 cm³/mol. The monoisotopic (exact) mass is 561 g/mol. The van der Waals surface area contributed by atoms with Crippen LogP contribution >= 0.6 is 0 Å². The molecule has 0 saturated carbocycles. The molecular formula is C32H30F3N3O3. The summed E-state index contributed by atoms with van der Waals surface area (Å²) in [6.45, 7) is -0.00906. The molecule has 0 aliphatic carbocycles. The van der Waals surface area contributed by atoms with Crippen molar-refractivity contribution >= 4 is 22.7 Å². The Hall–Kier alpha value is -4.40. The molecule has 3 aromatic carbocycles. The Morgan fingerprint density at radius 3 is 2.51 bits per heavy atom. The highest BCUT2D eigenvalue weighted by molar-refractivity contribution is 5.95. The Morgan fingerprint density at radius 2 is 1.76 bits per heavy atom. The SMILES string of the molecule is COc1cccc(C(=O)N2CCC(N(Cc3ccnc4ccccc34)C(=O)C(F)(F)F)CC2Cc2ccccc2)c1. The van der Waals surface area contributed by atoms with E-state index in [4.69, 9.17) is 4.74 Å². The number of nitrogens with zero attached hydrogens (tertiary/aromatic N) is 3. The van der Waals surface area contributed by atoms with E-state index in [2.05, 4.69) is 4.98 Å². The van der Waals surface area contributed by atoms with Gasteiger partial charge in [-0.15, -0.1) is 0 Å². The minimum absolute atomic E-state index is 0.204. The van der Waals surface area contributed by atoms with Gasteiger partial charge in [0.05, 0.1) is 12.6 Å². The Bertz CT molecular complexity index is 1520. The number of piperidine rings is 1. The molecule has 212 valence electrons. The second kappa shape index (κ2) is 12.0. The number of fused-ring (bicyclic) bond motifs is 1. The van der Waals surface area contributed by atoms with Gasteiger partial charge < -0.3 is 14.5 Å². The van der Waals surface area contributed by atoms with E-state index in [1.807, 2.05) is 30.3 Å². The molecule has 0 spiro atoms. The molecule has 1 aromatic heterocycles. The first-order chi connectivity index (χ1) is 19.7. The van der Waals surface area contributed by atoms with Crippen LogP contribution in [0.1, 0.15) is 34.3 Å². The maximum atomic E-state index is 13.9. The number of carbonyl (C=O) groups is 2. The van der Waals surface area contributed by atoms with E-state index < -0.39 is 24.2 Å². The molecule has 0 N–H and O–H groups in total. The molecule has 5 rings (SSSR count). The third-order valence-electron chi connectivity index (χ3n) is 7.60. The van der Waals surface area contributed by atoms with E-state index in [0.29, 0.717) is 34.2 Å². The maximum absolute atomic E-state index is 13.9. The van der Waals surface area contributed by atoms with Crippen molar-refractivity contribution in [2.24, 2.45) is 0 Å². The lowest BCUT2D eigenvalue weighted by molar-refractivity contribution is -0.189. The van der Waals surface area contributed by atoms with Gasteiger partial charge in [0, 0.05) is 42.3 Å². The molecule has 0 radical (unpaired) electrons. The Balaban J connectivity index is 1.48. The summed E-state index contributed by atoms with van der Waals surface area (Å²) in [5.74, 6) is -1.57. The Labute approximate surface area is 236 Å². The molecule has 2 heterocycles. The van der Waals surface area contributed by atoms with Crippen molar-refractivity contribution in [1.29, 1.82) is 0 Å². The van der Waals surface area contributed by atoms with Crippen molar-refractivity contribution in [2.45, 2.75) is 44.1 Å². The number of methoxy groups -OCH3 is 1. The lowest BCUT2D eigenvalue weighted by Gasteiger charge is -2.44. The number of halogens is 3. The van der Waals surface area contributed by atoms with Crippen LogP contribution in [-0.4, -0.2) is 58.5 Å². The summed E-state index contributed by atoms with van der Waals surface area (Å²) in [6, 6.07) is 24.0. The molecular weight excluding hydrogens is 531 g/mol. The first kappa shape index (κ1) is 28.1. The van der Waals surface area contributed by atoms with E-state index in [9.17, 15) is 22.8 Å². The number of alkyl halides is 3. The fraction of sp³-hybridized carbons (Fsp3) is 0.281. The Morgan fingerprint density at radius 1 is 1.00 bits per heavy atom. The van der Waals surface area contributed by atoms with Gasteiger partial charge in [0.25, 0.3) is 5.91 Å². The molecule has 1 aliphatic heterocycles. The summed E-state index contributed by atoms with van der Waals surface area (Å²) >= 11 is 0. The van der Waals surface area contributed by atoms with Crippen LogP contribution in [-0.2, 0) is 17.8 Å². The molecule has 2 unspecified atom stereocenters. The summed E-state index contributed by atoms with van der Waals surface area (Å²) < 4.78 is 47.1. The van der Waals surface area contributed by atoms with E-state index >= 15 is 0 Å². The number of carbonyl (C=O) groups excluding carboxylic acids is 2. The van der Waals surface area contributed by atoms with Gasteiger partial charge in [0.1, 0.15) is 5.75 Å². The summed E-state index contributed by atoms with van der Waals surface area (Å²) in [5, 5.41) is 0.696. The lowest BCUT2D eigenvalue weighted by Crippen LogP contribution is -2.55. The number of rotatable bonds is 7. The number of hydrogen-bond acceptors (Lipinski definition) is 4. The summed E-state index contributed by atoms with van der Waals surface area (Å²) in [6.07, 6.45) is -2.63. The van der Waals surface area contributed by atoms with Crippen molar-refractivity contribution < 1.29 is 27.5 Å². The van der Waals surface area contributed by atoms with Gasteiger partial charge in [-0.1, -0.05) is 54.6 Å². The normalized spacial score (nSPS) is 17.3. The highest BCUT2D eigenvalue weighted by atomic mass is 19.4. The van der Waals surface area contributed by atoms with Crippen molar-refractivity contribution in [1.82, 2.24) is 14.8 Å². The van der Waals surface area contributed by atoms with Crippen LogP contribution in [0.3, 0.4) is 0 Å². The molecule has 41 heavy (non-hydrogen) atoms. The van der Waals surface area contributed by atoms with Crippen LogP contribution in [0.25, 0.3) is 10.9 Å². The number of aromatic nitrogens is 1. The fourth-order valence-corrected chi connectivity index (χ4v) is 5.59. The van der Waals surface area contributed by atoms with Crippen molar-refractivity contribution in [3.8, 4) is 5.75 Å². The zero-order valence-corrected chi connectivity index (χ0v) is 22.6. The molecule has 2 amide bonds. The number of hydrogen-bond donors (Lipinski definition) is 0. The molecule has 4 aromatic rings. The van der Waals surface area contributed by atoms with Gasteiger partial charge >= 0.3 is 12.1 Å². The number of amides is 2. The quantitative estimate of drug-likeness (QED) is 0.276. The summed E-state index contributed by atoms with van der Waals surface area (Å²) in [7, 11) is 1.52. The van der Waals surface area contributed by atoms with Gasteiger partial charge in [-0.3, -0.25) is 14.6 Å². The van der Waals surface area contributed by atoms with Crippen molar-refractivity contribution in [3.63, 3.8) is 0 Å². The highest BCUT2D eigenvalue weighted by Crippen LogP contribution is 2.32. The molecule has 9 heteroatoms. The Kier molecular flexibility index (Phi) is 8.23. The minimum atomic E-state index is -5.04. The second-order valence-electron chi connectivity index (χ2n) is 10.2. The highest BCUT2D eigenvalue weighted by Gasteiger charge is 2.46. The van der Waals surface area contributed by atoms with Crippen molar-refractivity contribution in [3.05, 3.63) is 108 Å². The summed E-state index contributed by atoms with van der Waals surface area (Å²) in [4.78, 5) is 33.5. The van der Waals surface area contributed by atoms with E-state index in [1.165, 1.54) is 7.11 Å². The third kappa shape index (κ3) is 6.34. The number of benzene rings is 3. The first-order valence-electron chi connectivity index (χ1n) is 13.4. The smallest absolute Gasteiger partial charge is 0.471 e. The average Bonchev–Trinajstić information content (AvgIpc) is 2.99. The largest absolute Gasteiger partial charge is 0.497 e. The zero-order chi connectivity index (χ0) is 29.0. The number of para-hydroxylation sites is 1. The van der Waals surface area contributed by atoms with Gasteiger partial charge in [0.2, 0.25) is 0 Å². The van der Waals surface area contributed by atoms with Crippen LogP contribution in [0.15, 0.2) is 91.1 Å². The van der Waals surface area contributed by atoms with Crippen LogP contribution in [0.5, 0.6) is 5.75 Å². The minimum Gasteiger partial charge on any atom is -0.497 e. The number of likely N-dealkylation sites (tertiary alicyclic amines) is 1. The standard InChI is InChI=1S/C32H30F3N3O3/c1-41-27-11-7-10-23(19-27)30(39)37-17-15-25(20-26(37)18-22-8-3-2-4-9-22)38(31(40)32(33,34)35)21-24-14-16-36-29-13-6-5-12-28(24)29/h2-14,16,19,25-26H,15,17-18,20-21H2,1H3. The van der Waals surface area contributed by atoms with Gasteiger partial charge in [-0.25, -0.2) is 0 Å².